The molecule has 0 aliphatic heterocycles. The summed E-state index contributed by atoms with van der Waals surface area (Å²) in [5.41, 5.74) is 1.02. The molecule has 104 valence electrons. The van der Waals surface area contributed by atoms with E-state index in [-0.39, 0.29) is 11.7 Å². The molecule has 0 fully saturated rings. The van der Waals surface area contributed by atoms with E-state index in [9.17, 15) is 9.59 Å². The molecule has 7 nitrogen and oxygen atoms in total. The number of hydrogen-bond acceptors (Lipinski definition) is 4. The summed E-state index contributed by atoms with van der Waals surface area (Å²) in [5, 5.41) is 9.02. The average molecular weight is 273 g/mol. The number of carbonyl (C=O) groups excluding carboxylic acids is 2. The van der Waals surface area contributed by atoms with Crippen molar-refractivity contribution in [2.24, 2.45) is 0 Å². The summed E-state index contributed by atoms with van der Waals surface area (Å²) >= 11 is 0. The summed E-state index contributed by atoms with van der Waals surface area (Å²) in [5.74, 6) is 0.0668. The number of aryl methyl sites for hydroxylation is 1. The van der Waals surface area contributed by atoms with Gasteiger partial charge in [0.15, 0.2) is 0 Å². The fourth-order valence-corrected chi connectivity index (χ4v) is 1.62. The molecule has 0 aliphatic rings. The second-order valence-electron chi connectivity index (χ2n) is 4.48. The molecule has 0 aliphatic carbocycles. The monoisotopic (exact) mass is 273 g/mol. The Balaban J connectivity index is 2.16. The molecule has 1 aromatic heterocycles. The molecular weight excluding hydrogens is 258 g/mol. The van der Waals surface area contributed by atoms with E-state index in [1.54, 1.807) is 45.3 Å². The lowest BCUT2D eigenvalue weighted by Crippen LogP contribution is -2.22. The van der Waals surface area contributed by atoms with Crippen molar-refractivity contribution in [3.63, 3.8) is 0 Å². The number of aromatic nitrogens is 3. The molecule has 0 saturated carbocycles. The molecular formula is C13H15N5O2. The fourth-order valence-electron chi connectivity index (χ4n) is 1.62. The van der Waals surface area contributed by atoms with Crippen LogP contribution in [0.1, 0.15) is 26.8 Å². The molecule has 2 rings (SSSR count). The molecule has 1 heterocycles. The SMILES string of the molecule is Cc1nc(C(=O)Nc2cccc(C(=O)N(C)C)c2)n[nH]1. The first-order valence-electron chi connectivity index (χ1n) is 5.99. The van der Waals surface area contributed by atoms with Crippen LogP contribution in [0.5, 0.6) is 0 Å². The Morgan fingerprint density at radius 1 is 1.30 bits per heavy atom. The van der Waals surface area contributed by atoms with E-state index in [1.807, 2.05) is 0 Å². The summed E-state index contributed by atoms with van der Waals surface area (Å²) in [4.78, 5) is 29.1. The Labute approximate surface area is 116 Å². The standard InChI is InChI=1S/C13H15N5O2/c1-8-14-11(17-16-8)12(19)15-10-6-4-5-9(7-10)13(20)18(2)3/h4-7H,1-3H3,(H,15,19)(H,14,16,17). The number of hydrogen-bond donors (Lipinski definition) is 2. The molecule has 0 radical (unpaired) electrons. The first-order chi connectivity index (χ1) is 9.47. The van der Waals surface area contributed by atoms with Crippen LogP contribution < -0.4 is 5.32 Å². The minimum absolute atomic E-state index is 0.0619. The number of anilines is 1. The predicted molar refractivity (Wildman–Crippen MR) is 73.5 cm³/mol. The Morgan fingerprint density at radius 2 is 2.05 bits per heavy atom. The van der Waals surface area contributed by atoms with Crippen LogP contribution in [0.25, 0.3) is 0 Å². The van der Waals surface area contributed by atoms with Gasteiger partial charge in [-0.05, 0) is 25.1 Å². The highest BCUT2D eigenvalue weighted by Gasteiger charge is 2.13. The third-order valence-electron chi connectivity index (χ3n) is 2.57. The Kier molecular flexibility index (Phi) is 3.79. The summed E-state index contributed by atoms with van der Waals surface area (Å²) in [7, 11) is 3.34. The lowest BCUT2D eigenvalue weighted by atomic mass is 10.2. The van der Waals surface area contributed by atoms with E-state index in [0.29, 0.717) is 17.1 Å². The zero-order valence-electron chi connectivity index (χ0n) is 11.5. The van der Waals surface area contributed by atoms with Gasteiger partial charge in [0, 0.05) is 25.3 Å². The molecule has 0 bridgehead atoms. The predicted octanol–water partition coefficient (Wildman–Crippen LogP) is 1.07. The molecule has 7 heteroatoms. The number of carbonyl (C=O) groups is 2. The van der Waals surface area contributed by atoms with Crippen molar-refractivity contribution in [1.82, 2.24) is 20.1 Å². The Morgan fingerprint density at radius 3 is 2.65 bits per heavy atom. The van der Waals surface area contributed by atoms with Gasteiger partial charge in [-0.2, -0.15) is 0 Å². The van der Waals surface area contributed by atoms with Gasteiger partial charge >= 0.3 is 0 Å². The fraction of sp³-hybridized carbons (Fsp3) is 0.231. The van der Waals surface area contributed by atoms with E-state index in [4.69, 9.17) is 0 Å². The number of rotatable bonds is 3. The summed E-state index contributed by atoms with van der Waals surface area (Å²) in [6.07, 6.45) is 0. The van der Waals surface area contributed by atoms with Gasteiger partial charge in [-0.25, -0.2) is 4.98 Å². The molecule has 2 N–H and O–H groups in total. The molecule has 0 spiro atoms. The van der Waals surface area contributed by atoms with Gasteiger partial charge in [0.2, 0.25) is 5.82 Å². The lowest BCUT2D eigenvalue weighted by molar-refractivity contribution is 0.0827. The van der Waals surface area contributed by atoms with Crippen molar-refractivity contribution >= 4 is 17.5 Å². The third kappa shape index (κ3) is 3.00. The second kappa shape index (κ2) is 5.52. The minimum Gasteiger partial charge on any atom is -0.345 e. The van der Waals surface area contributed by atoms with Gasteiger partial charge in [-0.3, -0.25) is 14.7 Å². The van der Waals surface area contributed by atoms with Crippen molar-refractivity contribution in [2.75, 3.05) is 19.4 Å². The van der Waals surface area contributed by atoms with Gasteiger partial charge in [-0.1, -0.05) is 6.07 Å². The van der Waals surface area contributed by atoms with Crippen molar-refractivity contribution in [3.05, 3.63) is 41.5 Å². The van der Waals surface area contributed by atoms with E-state index in [1.165, 1.54) is 4.90 Å². The number of aromatic amines is 1. The highest BCUT2D eigenvalue weighted by atomic mass is 16.2. The number of benzene rings is 1. The van der Waals surface area contributed by atoms with Gasteiger partial charge in [-0.15, -0.1) is 5.10 Å². The first kappa shape index (κ1) is 13.7. The smallest absolute Gasteiger partial charge is 0.295 e. The number of H-pyrrole nitrogens is 1. The number of amides is 2. The first-order valence-corrected chi connectivity index (χ1v) is 5.99. The lowest BCUT2D eigenvalue weighted by Gasteiger charge is -2.11. The van der Waals surface area contributed by atoms with E-state index in [2.05, 4.69) is 20.5 Å². The maximum atomic E-state index is 11.9. The molecule has 0 unspecified atom stereocenters. The van der Waals surface area contributed by atoms with Crippen molar-refractivity contribution in [1.29, 1.82) is 0 Å². The summed E-state index contributed by atoms with van der Waals surface area (Å²) in [6, 6.07) is 6.70. The molecule has 1 aromatic carbocycles. The van der Waals surface area contributed by atoms with Gasteiger partial charge in [0.25, 0.3) is 11.8 Å². The van der Waals surface area contributed by atoms with Crippen LogP contribution in [-0.2, 0) is 0 Å². The Hall–Kier alpha value is -2.70. The van der Waals surface area contributed by atoms with Crippen molar-refractivity contribution in [2.45, 2.75) is 6.92 Å². The van der Waals surface area contributed by atoms with Crippen LogP contribution in [-0.4, -0.2) is 46.0 Å². The van der Waals surface area contributed by atoms with E-state index < -0.39 is 5.91 Å². The van der Waals surface area contributed by atoms with Crippen LogP contribution in [0.15, 0.2) is 24.3 Å². The van der Waals surface area contributed by atoms with Crippen LogP contribution in [0, 0.1) is 6.92 Å². The number of nitrogens with zero attached hydrogens (tertiary/aromatic N) is 3. The summed E-state index contributed by atoms with van der Waals surface area (Å²) < 4.78 is 0. The zero-order valence-corrected chi connectivity index (χ0v) is 11.5. The summed E-state index contributed by atoms with van der Waals surface area (Å²) in [6.45, 7) is 1.71. The maximum Gasteiger partial charge on any atom is 0.295 e. The average Bonchev–Trinajstić information content (AvgIpc) is 2.85. The molecule has 2 amide bonds. The van der Waals surface area contributed by atoms with Crippen LogP contribution >= 0.6 is 0 Å². The highest BCUT2D eigenvalue weighted by Crippen LogP contribution is 2.12. The van der Waals surface area contributed by atoms with Crippen LogP contribution in [0.3, 0.4) is 0 Å². The van der Waals surface area contributed by atoms with Gasteiger partial charge in [0.1, 0.15) is 5.82 Å². The quantitative estimate of drug-likeness (QED) is 0.875. The van der Waals surface area contributed by atoms with Crippen LogP contribution in [0.4, 0.5) is 5.69 Å². The van der Waals surface area contributed by atoms with Gasteiger partial charge in [0.05, 0.1) is 0 Å². The van der Waals surface area contributed by atoms with Crippen molar-refractivity contribution < 1.29 is 9.59 Å². The normalized spacial score (nSPS) is 10.2. The Bertz CT molecular complexity index is 648. The highest BCUT2D eigenvalue weighted by molar-refractivity contribution is 6.02. The minimum atomic E-state index is -0.427. The van der Waals surface area contributed by atoms with Crippen LogP contribution in [0.2, 0.25) is 0 Å². The second-order valence-corrected chi connectivity index (χ2v) is 4.48. The maximum absolute atomic E-state index is 11.9. The number of nitrogens with one attached hydrogen (secondary N) is 2. The van der Waals surface area contributed by atoms with Gasteiger partial charge < -0.3 is 10.2 Å². The van der Waals surface area contributed by atoms with Crippen molar-refractivity contribution in [3.8, 4) is 0 Å². The largest absolute Gasteiger partial charge is 0.345 e. The zero-order chi connectivity index (χ0) is 14.7. The molecule has 2 aromatic rings. The molecule has 0 saturated heterocycles. The molecule has 20 heavy (non-hydrogen) atoms. The third-order valence-corrected chi connectivity index (χ3v) is 2.57. The van der Waals surface area contributed by atoms with E-state index in [0.717, 1.165) is 0 Å². The topological polar surface area (TPSA) is 91.0 Å². The van der Waals surface area contributed by atoms with E-state index >= 15 is 0 Å². The molecule has 0 atom stereocenters.